The Bertz CT molecular complexity index is 1940. The van der Waals surface area contributed by atoms with Crippen LogP contribution in [-0.2, 0) is 46.2 Å². The highest BCUT2D eigenvalue weighted by Crippen LogP contribution is 2.33. The van der Waals surface area contributed by atoms with Crippen LogP contribution >= 0.6 is 0 Å². The second-order valence-electron chi connectivity index (χ2n) is 13.5. The molecule has 1 heterocycles. The average molecular weight is 788 g/mol. The summed E-state index contributed by atoms with van der Waals surface area (Å²) in [5.74, 6) is -2.15. The number of esters is 2. The van der Waals surface area contributed by atoms with Crippen molar-refractivity contribution in [2.45, 2.75) is 65.5 Å². The molecule has 1 aliphatic carbocycles. The third-order valence-corrected chi connectivity index (χ3v) is 8.61. The lowest BCUT2D eigenvalue weighted by molar-refractivity contribution is -0.143. The van der Waals surface area contributed by atoms with Gasteiger partial charge in [0.2, 0.25) is 6.29 Å². The largest absolute Gasteiger partial charge is 0.511 e. The van der Waals surface area contributed by atoms with E-state index < -0.39 is 43.0 Å². The molecule has 1 amide bonds. The summed E-state index contributed by atoms with van der Waals surface area (Å²) in [5.41, 5.74) is 2.01. The Balaban J connectivity index is 1.61. The Morgan fingerprint density at radius 3 is 2.32 bits per heavy atom. The van der Waals surface area contributed by atoms with Gasteiger partial charge < -0.3 is 44.3 Å². The molecule has 0 saturated heterocycles. The molecule has 57 heavy (non-hydrogen) atoms. The number of carbonyl (C=O) groups excluding carboxylic acids is 5. The van der Waals surface area contributed by atoms with Gasteiger partial charge in [-0.2, -0.15) is 0 Å². The lowest BCUT2D eigenvalue weighted by Crippen LogP contribution is -2.28. The molecule has 15 heteroatoms. The van der Waals surface area contributed by atoms with Crippen LogP contribution in [0, 0.1) is 11.3 Å². The molecular weight excluding hydrogens is 738 g/mol. The Kier molecular flexibility index (Phi) is 16.6. The Morgan fingerprint density at radius 2 is 1.67 bits per heavy atom. The van der Waals surface area contributed by atoms with Crippen molar-refractivity contribution < 1.29 is 57.5 Å². The van der Waals surface area contributed by atoms with E-state index in [1.807, 2.05) is 0 Å². The van der Waals surface area contributed by atoms with Gasteiger partial charge in [0, 0.05) is 43.8 Å². The second-order valence-corrected chi connectivity index (χ2v) is 13.5. The predicted octanol–water partition coefficient (Wildman–Crippen LogP) is 5.48. The minimum atomic E-state index is -1.41. The van der Waals surface area contributed by atoms with Crippen molar-refractivity contribution in [2.75, 3.05) is 40.1 Å². The standard InChI is InChI=1S/C42H49N3O12/c1-6-29-20-34(37(47)19-27-9-11-30(12-10-27)35(43)22-38(48)54-18-17-53-16-15-52-5)33(21-31(29)24-46)32-13-14-36(40(49)44-23-28-7-8-28)45-39(32)41(50)56-26(4)57-42(51)55-25(2)3/h6,9-14,20-21,25-26,28,43,46H,1,7-8,15-19,22-24H2,2-5H3,(H,44,49). The molecule has 2 aromatic carbocycles. The van der Waals surface area contributed by atoms with Gasteiger partial charge >= 0.3 is 18.1 Å². The normalized spacial score (nSPS) is 12.7. The van der Waals surface area contributed by atoms with E-state index in [0.717, 1.165) is 12.8 Å². The quantitative estimate of drug-likeness (QED) is 0.0288. The summed E-state index contributed by atoms with van der Waals surface area (Å²) < 4.78 is 30.8. The fraction of sp³-hybridized carbons (Fsp3) is 0.405. The number of carbonyl (C=O) groups is 5. The molecular formula is C42H49N3O12. The molecule has 304 valence electrons. The molecule has 0 aliphatic heterocycles. The SMILES string of the molecule is C=Cc1cc(C(=O)Cc2ccc(C(=N)CC(=O)OCCOCCOC)cc2)c(-c2ccc(C(=O)NCC3CC3)nc2C(=O)OC(C)OC(=O)OC(C)C)cc1CO. The summed E-state index contributed by atoms with van der Waals surface area (Å²) >= 11 is 0. The van der Waals surface area contributed by atoms with Gasteiger partial charge in [-0.15, -0.1) is 0 Å². The van der Waals surface area contributed by atoms with E-state index in [1.54, 1.807) is 57.4 Å². The van der Waals surface area contributed by atoms with E-state index in [1.165, 1.54) is 25.1 Å². The molecule has 0 radical (unpaired) electrons. The lowest BCUT2D eigenvalue weighted by Gasteiger charge is -2.18. The van der Waals surface area contributed by atoms with Crippen molar-refractivity contribution in [3.63, 3.8) is 0 Å². The molecule has 15 nitrogen and oxygen atoms in total. The molecule has 3 N–H and O–H groups in total. The van der Waals surface area contributed by atoms with Crippen molar-refractivity contribution in [1.29, 1.82) is 5.41 Å². The van der Waals surface area contributed by atoms with Crippen LogP contribution in [0.25, 0.3) is 17.2 Å². The van der Waals surface area contributed by atoms with Gasteiger partial charge in [-0.1, -0.05) is 36.9 Å². The van der Waals surface area contributed by atoms with Gasteiger partial charge in [-0.3, -0.25) is 14.4 Å². The molecule has 4 rings (SSSR count). The van der Waals surface area contributed by atoms with Crippen LogP contribution in [0.1, 0.15) is 93.6 Å². The maximum absolute atomic E-state index is 14.1. The fourth-order valence-corrected chi connectivity index (χ4v) is 5.50. The molecule has 1 aliphatic rings. The Labute approximate surface area is 331 Å². The van der Waals surface area contributed by atoms with E-state index >= 15 is 0 Å². The second kappa shape index (κ2) is 21.5. The maximum atomic E-state index is 14.1. The first kappa shape index (κ1) is 44.0. The monoisotopic (exact) mass is 787 g/mol. The van der Waals surface area contributed by atoms with Crippen molar-refractivity contribution in [2.24, 2.45) is 5.92 Å². The number of methoxy groups -OCH3 is 1. The first-order valence-electron chi connectivity index (χ1n) is 18.5. The third kappa shape index (κ3) is 13.4. The number of aromatic nitrogens is 1. The molecule has 1 unspecified atom stereocenters. The van der Waals surface area contributed by atoms with Crippen LogP contribution in [0.15, 0.2) is 55.1 Å². The van der Waals surface area contributed by atoms with E-state index in [2.05, 4.69) is 16.9 Å². The molecule has 3 aromatic rings. The Morgan fingerprint density at radius 1 is 0.947 bits per heavy atom. The highest BCUT2D eigenvalue weighted by atomic mass is 16.8. The average Bonchev–Trinajstić information content (AvgIpc) is 4.02. The predicted molar refractivity (Wildman–Crippen MR) is 208 cm³/mol. The lowest BCUT2D eigenvalue weighted by atomic mass is 9.89. The van der Waals surface area contributed by atoms with Crippen LogP contribution in [0.3, 0.4) is 0 Å². The van der Waals surface area contributed by atoms with Gasteiger partial charge in [0.1, 0.15) is 12.3 Å². The number of hydrogen-bond donors (Lipinski definition) is 3. The minimum absolute atomic E-state index is 0.0313. The van der Waals surface area contributed by atoms with Gasteiger partial charge in [-0.05, 0) is 84.7 Å². The summed E-state index contributed by atoms with van der Waals surface area (Å²) in [5, 5.41) is 21.5. The number of ketones is 1. The number of nitrogens with one attached hydrogen (secondary N) is 2. The summed E-state index contributed by atoms with van der Waals surface area (Å²) in [7, 11) is 1.55. The number of nitrogens with zero attached hydrogens (tertiary/aromatic N) is 1. The summed E-state index contributed by atoms with van der Waals surface area (Å²) in [6, 6.07) is 12.6. The van der Waals surface area contributed by atoms with Crippen molar-refractivity contribution >= 4 is 41.6 Å². The van der Waals surface area contributed by atoms with E-state index in [4.69, 9.17) is 33.8 Å². The van der Waals surface area contributed by atoms with Crippen molar-refractivity contribution in [3.05, 3.63) is 94.3 Å². The van der Waals surface area contributed by atoms with Gasteiger partial charge in [0.05, 0.1) is 39.0 Å². The van der Waals surface area contributed by atoms with Crippen LogP contribution < -0.4 is 5.32 Å². The first-order valence-corrected chi connectivity index (χ1v) is 18.5. The zero-order chi connectivity index (χ0) is 41.5. The van der Waals surface area contributed by atoms with Crippen LogP contribution in [0.4, 0.5) is 4.79 Å². The number of rotatable bonds is 22. The molecule has 0 spiro atoms. The number of aliphatic hydroxyl groups is 1. The Hall–Kier alpha value is -5.77. The number of aliphatic hydroxyl groups excluding tert-OH is 1. The molecule has 1 saturated carbocycles. The molecule has 1 aromatic heterocycles. The van der Waals surface area contributed by atoms with Crippen molar-refractivity contribution in [1.82, 2.24) is 10.3 Å². The number of ether oxygens (including phenoxy) is 6. The third-order valence-electron chi connectivity index (χ3n) is 8.61. The van der Waals surface area contributed by atoms with Gasteiger partial charge in [-0.25, -0.2) is 14.6 Å². The van der Waals surface area contributed by atoms with Gasteiger partial charge in [0.15, 0.2) is 11.5 Å². The summed E-state index contributed by atoms with van der Waals surface area (Å²) in [6.07, 6.45) is 0.167. The number of pyridine rings is 1. The molecule has 1 atom stereocenters. The number of amides is 1. The highest BCUT2D eigenvalue weighted by Gasteiger charge is 2.28. The number of benzene rings is 2. The minimum Gasteiger partial charge on any atom is -0.463 e. The summed E-state index contributed by atoms with van der Waals surface area (Å²) in [6.45, 7) is 9.46. The topological polar surface area (TPSA) is 210 Å². The van der Waals surface area contributed by atoms with Crippen molar-refractivity contribution in [3.8, 4) is 11.1 Å². The smallest absolute Gasteiger partial charge is 0.463 e. The maximum Gasteiger partial charge on any atom is 0.511 e. The van der Waals surface area contributed by atoms with E-state index in [0.29, 0.717) is 47.9 Å². The number of hydrogen-bond acceptors (Lipinski definition) is 14. The zero-order valence-electron chi connectivity index (χ0n) is 32.6. The van der Waals surface area contributed by atoms with Gasteiger partial charge in [0.25, 0.3) is 5.91 Å². The highest BCUT2D eigenvalue weighted by molar-refractivity contribution is 6.09. The first-order chi connectivity index (χ1) is 27.3. The van der Waals surface area contributed by atoms with E-state index in [9.17, 15) is 29.1 Å². The zero-order valence-corrected chi connectivity index (χ0v) is 32.6. The summed E-state index contributed by atoms with van der Waals surface area (Å²) in [4.78, 5) is 69.7. The van der Waals surface area contributed by atoms with Crippen LogP contribution in [0.5, 0.6) is 0 Å². The van der Waals surface area contributed by atoms with Crippen LogP contribution in [-0.4, -0.2) is 98.1 Å². The molecule has 0 bridgehead atoms. The molecule has 1 fully saturated rings. The van der Waals surface area contributed by atoms with E-state index in [-0.39, 0.29) is 65.6 Å². The number of Topliss-reactive ketones (excluding diaryl/α,β-unsaturated/α-hetero) is 1. The van der Waals surface area contributed by atoms with Crippen LogP contribution in [0.2, 0.25) is 0 Å². The fourth-order valence-electron chi connectivity index (χ4n) is 5.50.